The summed E-state index contributed by atoms with van der Waals surface area (Å²) in [6.07, 6.45) is 0.176. The summed E-state index contributed by atoms with van der Waals surface area (Å²) < 4.78 is 45.5. The number of hydrogen-bond donors (Lipinski definition) is 1. The van der Waals surface area contributed by atoms with Crippen molar-refractivity contribution in [3.63, 3.8) is 0 Å². The average Bonchev–Trinajstić information content (AvgIpc) is 2.55. The van der Waals surface area contributed by atoms with Crippen molar-refractivity contribution in [1.82, 2.24) is 0 Å². The van der Waals surface area contributed by atoms with Crippen LogP contribution in [0.25, 0.3) is 0 Å². The van der Waals surface area contributed by atoms with Gasteiger partial charge in [0.1, 0.15) is 5.82 Å². The average molecular weight is 350 g/mol. The van der Waals surface area contributed by atoms with Gasteiger partial charge in [0.25, 0.3) is 10.0 Å². The number of sulfonamides is 1. The van der Waals surface area contributed by atoms with Gasteiger partial charge in [-0.15, -0.1) is 0 Å². The lowest BCUT2D eigenvalue weighted by atomic mass is 10.2. The van der Waals surface area contributed by atoms with Crippen LogP contribution in [0.5, 0.6) is 0 Å². The van der Waals surface area contributed by atoms with E-state index in [0.29, 0.717) is 12.3 Å². The van der Waals surface area contributed by atoms with Gasteiger partial charge < -0.3 is 9.64 Å². The highest BCUT2D eigenvalue weighted by Gasteiger charge is 2.18. The first-order chi connectivity index (χ1) is 11.4. The maximum atomic E-state index is 12.9. The molecule has 2 aromatic carbocycles. The molecule has 0 radical (unpaired) electrons. The Balaban J connectivity index is 1.72. The molecule has 0 aromatic heterocycles. The third-order valence-corrected chi connectivity index (χ3v) is 5.25. The number of anilines is 2. The summed E-state index contributed by atoms with van der Waals surface area (Å²) in [6.45, 7) is 4.32. The predicted octanol–water partition coefficient (Wildman–Crippen LogP) is 2.85. The standard InChI is InChI=1S/C17H19FN2O3S/c1-13-12-20(10-11-23-13)16-6-4-15(5-7-16)19-24(21,22)17-8-2-14(18)3-9-17/h2-9,13,19H,10-12H2,1H3. The van der Waals surface area contributed by atoms with Crippen LogP contribution in [0.4, 0.5) is 15.8 Å². The van der Waals surface area contributed by atoms with Crippen LogP contribution in [0.1, 0.15) is 6.92 Å². The molecule has 3 rings (SSSR count). The normalized spacial score (nSPS) is 18.4. The van der Waals surface area contributed by atoms with Crippen LogP contribution >= 0.6 is 0 Å². The van der Waals surface area contributed by atoms with E-state index in [9.17, 15) is 12.8 Å². The summed E-state index contributed by atoms with van der Waals surface area (Å²) >= 11 is 0. The molecule has 1 atom stereocenters. The largest absolute Gasteiger partial charge is 0.375 e. The Hall–Kier alpha value is -2.12. The molecule has 1 fully saturated rings. The fourth-order valence-electron chi connectivity index (χ4n) is 2.62. The first-order valence-electron chi connectivity index (χ1n) is 7.69. The molecule has 0 spiro atoms. The van der Waals surface area contributed by atoms with E-state index in [4.69, 9.17) is 4.74 Å². The van der Waals surface area contributed by atoms with Gasteiger partial charge in [0, 0.05) is 24.5 Å². The van der Waals surface area contributed by atoms with E-state index in [1.54, 1.807) is 12.1 Å². The zero-order valence-corrected chi connectivity index (χ0v) is 14.1. The van der Waals surface area contributed by atoms with Gasteiger partial charge in [-0.1, -0.05) is 0 Å². The van der Waals surface area contributed by atoms with E-state index >= 15 is 0 Å². The molecule has 1 aliphatic rings. The van der Waals surface area contributed by atoms with Crippen LogP contribution < -0.4 is 9.62 Å². The first kappa shape index (κ1) is 16.7. The molecule has 128 valence electrons. The van der Waals surface area contributed by atoms with Crippen molar-refractivity contribution in [3.8, 4) is 0 Å². The van der Waals surface area contributed by atoms with Crippen LogP contribution in [-0.4, -0.2) is 34.2 Å². The van der Waals surface area contributed by atoms with Crippen LogP contribution in [0.15, 0.2) is 53.4 Å². The highest BCUT2D eigenvalue weighted by atomic mass is 32.2. The summed E-state index contributed by atoms with van der Waals surface area (Å²) in [5.74, 6) is -0.474. The van der Waals surface area contributed by atoms with Crippen molar-refractivity contribution in [2.45, 2.75) is 17.9 Å². The van der Waals surface area contributed by atoms with Gasteiger partial charge in [-0.2, -0.15) is 0 Å². The number of ether oxygens (including phenoxy) is 1. The molecule has 1 aliphatic heterocycles. The topological polar surface area (TPSA) is 58.6 Å². The van der Waals surface area contributed by atoms with E-state index in [1.807, 2.05) is 19.1 Å². The second-order valence-electron chi connectivity index (χ2n) is 5.73. The number of morpholine rings is 1. The van der Waals surface area contributed by atoms with Crippen molar-refractivity contribution in [3.05, 3.63) is 54.3 Å². The van der Waals surface area contributed by atoms with Crippen molar-refractivity contribution in [1.29, 1.82) is 0 Å². The number of halogens is 1. The molecule has 0 saturated carbocycles. The second-order valence-corrected chi connectivity index (χ2v) is 7.42. The van der Waals surface area contributed by atoms with Crippen molar-refractivity contribution < 1.29 is 17.5 Å². The highest BCUT2D eigenvalue weighted by molar-refractivity contribution is 7.92. The predicted molar refractivity (Wildman–Crippen MR) is 91.3 cm³/mol. The Morgan fingerprint density at radius 3 is 2.42 bits per heavy atom. The quantitative estimate of drug-likeness (QED) is 0.921. The minimum Gasteiger partial charge on any atom is -0.375 e. The van der Waals surface area contributed by atoms with E-state index < -0.39 is 15.8 Å². The smallest absolute Gasteiger partial charge is 0.261 e. The molecular formula is C17H19FN2O3S. The molecule has 0 bridgehead atoms. The molecule has 24 heavy (non-hydrogen) atoms. The summed E-state index contributed by atoms with van der Waals surface area (Å²) in [4.78, 5) is 2.22. The summed E-state index contributed by atoms with van der Waals surface area (Å²) in [6, 6.07) is 11.9. The van der Waals surface area contributed by atoms with Gasteiger partial charge in [0.15, 0.2) is 0 Å². The van der Waals surface area contributed by atoms with Gasteiger partial charge in [-0.25, -0.2) is 12.8 Å². The van der Waals surface area contributed by atoms with Crippen molar-refractivity contribution >= 4 is 21.4 Å². The highest BCUT2D eigenvalue weighted by Crippen LogP contribution is 2.22. The third kappa shape index (κ3) is 3.85. The van der Waals surface area contributed by atoms with E-state index in [2.05, 4.69) is 9.62 Å². The molecule has 1 unspecified atom stereocenters. The number of benzene rings is 2. The molecule has 0 aliphatic carbocycles. The number of rotatable bonds is 4. The van der Waals surface area contributed by atoms with Gasteiger partial charge in [-0.3, -0.25) is 4.72 Å². The number of hydrogen-bond acceptors (Lipinski definition) is 4. The monoisotopic (exact) mass is 350 g/mol. The minimum atomic E-state index is -3.73. The van der Waals surface area contributed by atoms with E-state index in [-0.39, 0.29) is 11.0 Å². The fraction of sp³-hybridized carbons (Fsp3) is 0.294. The Morgan fingerprint density at radius 1 is 1.12 bits per heavy atom. The lowest BCUT2D eigenvalue weighted by Crippen LogP contribution is -2.41. The zero-order valence-electron chi connectivity index (χ0n) is 13.3. The van der Waals surface area contributed by atoms with Gasteiger partial charge >= 0.3 is 0 Å². The maximum absolute atomic E-state index is 12.9. The SMILES string of the molecule is CC1CN(c2ccc(NS(=O)(=O)c3ccc(F)cc3)cc2)CCO1. The Labute approximate surface area is 141 Å². The molecule has 1 N–H and O–H groups in total. The summed E-state index contributed by atoms with van der Waals surface area (Å²) in [5.41, 5.74) is 1.49. The van der Waals surface area contributed by atoms with Crippen LogP contribution in [0.3, 0.4) is 0 Å². The summed E-state index contributed by atoms with van der Waals surface area (Å²) in [5, 5.41) is 0. The van der Waals surface area contributed by atoms with Gasteiger partial charge in [0.2, 0.25) is 0 Å². The maximum Gasteiger partial charge on any atom is 0.261 e. The van der Waals surface area contributed by atoms with E-state index in [0.717, 1.165) is 30.9 Å². The Morgan fingerprint density at radius 2 is 1.79 bits per heavy atom. The number of nitrogens with zero attached hydrogens (tertiary/aromatic N) is 1. The summed E-state index contributed by atoms with van der Waals surface area (Å²) in [7, 11) is -3.73. The lowest BCUT2D eigenvalue weighted by Gasteiger charge is -2.33. The molecule has 5 nitrogen and oxygen atoms in total. The van der Waals surface area contributed by atoms with Gasteiger partial charge in [-0.05, 0) is 55.5 Å². The Kier molecular flexibility index (Phi) is 4.73. The molecule has 7 heteroatoms. The van der Waals surface area contributed by atoms with Gasteiger partial charge in [0.05, 0.1) is 17.6 Å². The molecule has 1 saturated heterocycles. The zero-order chi connectivity index (χ0) is 17.2. The van der Waals surface area contributed by atoms with Crippen LogP contribution in [0, 0.1) is 5.82 Å². The van der Waals surface area contributed by atoms with Crippen molar-refractivity contribution in [2.24, 2.45) is 0 Å². The fourth-order valence-corrected chi connectivity index (χ4v) is 3.68. The number of nitrogens with one attached hydrogen (secondary N) is 1. The molecule has 0 amide bonds. The van der Waals surface area contributed by atoms with Crippen LogP contribution in [-0.2, 0) is 14.8 Å². The van der Waals surface area contributed by atoms with Crippen molar-refractivity contribution in [2.75, 3.05) is 29.3 Å². The third-order valence-electron chi connectivity index (χ3n) is 3.85. The molecule has 1 heterocycles. The molecule has 2 aromatic rings. The lowest BCUT2D eigenvalue weighted by molar-refractivity contribution is 0.0532. The molecular weight excluding hydrogens is 331 g/mol. The van der Waals surface area contributed by atoms with E-state index in [1.165, 1.54) is 12.1 Å². The second kappa shape index (κ2) is 6.78. The van der Waals surface area contributed by atoms with Crippen LogP contribution in [0.2, 0.25) is 0 Å². The first-order valence-corrected chi connectivity index (χ1v) is 9.17. The minimum absolute atomic E-state index is 0.0231. The Bertz CT molecular complexity index is 792.